The number of aryl methyl sites for hydroxylation is 1. The molecule has 0 saturated carbocycles. The largest absolute Gasteiger partial charge is 0.417 e. The molecule has 1 fully saturated rings. The smallest absolute Gasteiger partial charge is 0.360 e. The maximum Gasteiger partial charge on any atom is 0.417 e. The molecule has 1 atom stereocenters. The number of alkyl halides is 3. The summed E-state index contributed by atoms with van der Waals surface area (Å²) >= 11 is 0. The number of benzene rings is 1. The summed E-state index contributed by atoms with van der Waals surface area (Å²) in [7, 11) is -3.91. The molecule has 1 amide bonds. The average molecular weight is 605 g/mol. The topological polar surface area (TPSA) is 149 Å². The summed E-state index contributed by atoms with van der Waals surface area (Å²) in [6, 6.07) is 9.45. The molecule has 12 nitrogen and oxygen atoms in total. The van der Waals surface area contributed by atoms with Crippen LogP contribution in [0.4, 0.5) is 30.5 Å². The molecule has 0 radical (unpaired) electrons. The standard InChI is InChI=1S/C26H27F3N8O4S/c1-16-14-36(9-10-37(16)23-8-3-19(13-30-23)26(27,28)29)15-18-12-31-33-24(18)25(38)32-20-4-6-21(7-5-20)42(39,40)35-22-11-17(2)41-34-22/h3-8,11-13,16H,9-10,14-15H2,1-2H3,(H,31,33)(H,32,38)(H,34,35)/t16-/m1/s1. The third kappa shape index (κ3) is 6.54. The molecule has 0 spiro atoms. The Hall–Kier alpha value is -4.44. The van der Waals surface area contributed by atoms with Gasteiger partial charge in [0.2, 0.25) is 0 Å². The summed E-state index contributed by atoms with van der Waals surface area (Å²) < 4.78 is 71.0. The Morgan fingerprint density at radius 3 is 2.52 bits per heavy atom. The van der Waals surface area contributed by atoms with Crippen LogP contribution in [0.2, 0.25) is 0 Å². The van der Waals surface area contributed by atoms with Gasteiger partial charge in [0.15, 0.2) is 5.82 Å². The molecular weight excluding hydrogens is 577 g/mol. The minimum absolute atomic E-state index is 0.0249. The number of halogens is 3. The van der Waals surface area contributed by atoms with E-state index in [-0.39, 0.29) is 22.4 Å². The van der Waals surface area contributed by atoms with Crippen LogP contribution in [0.1, 0.15) is 34.3 Å². The second-order valence-corrected chi connectivity index (χ2v) is 11.5. The number of amides is 1. The van der Waals surface area contributed by atoms with Gasteiger partial charge >= 0.3 is 6.18 Å². The Morgan fingerprint density at radius 2 is 1.90 bits per heavy atom. The zero-order valence-corrected chi connectivity index (χ0v) is 23.3. The first-order valence-corrected chi connectivity index (χ1v) is 14.3. The van der Waals surface area contributed by atoms with E-state index in [1.54, 1.807) is 13.1 Å². The fourth-order valence-electron chi connectivity index (χ4n) is 4.63. The Kier molecular flexibility index (Phi) is 7.92. The van der Waals surface area contributed by atoms with Crippen LogP contribution >= 0.6 is 0 Å². The SMILES string of the molecule is Cc1cc(NS(=O)(=O)c2ccc(NC(=O)c3[nH]ncc3CN3CCN(c4ccc(C(F)(F)F)cn4)[C@H](C)C3)cc2)no1. The minimum atomic E-state index is -4.44. The van der Waals surface area contributed by atoms with Crippen LogP contribution in [0, 0.1) is 6.92 Å². The van der Waals surface area contributed by atoms with Crippen molar-refractivity contribution in [1.29, 1.82) is 0 Å². The van der Waals surface area contributed by atoms with E-state index in [4.69, 9.17) is 4.52 Å². The predicted octanol–water partition coefficient (Wildman–Crippen LogP) is 3.88. The maximum absolute atomic E-state index is 13.0. The van der Waals surface area contributed by atoms with E-state index in [0.717, 1.165) is 12.3 Å². The molecule has 1 aliphatic rings. The van der Waals surface area contributed by atoms with Gasteiger partial charge in [-0.1, -0.05) is 5.16 Å². The maximum atomic E-state index is 13.0. The number of aromatic nitrogens is 4. The van der Waals surface area contributed by atoms with Crippen molar-refractivity contribution in [3.8, 4) is 0 Å². The van der Waals surface area contributed by atoms with Crippen molar-refractivity contribution in [2.75, 3.05) is 34.6 Å². The van der Waals surface area contributed by atoms with Crippen LogP contribution in [0.3, 0.4) is 0 Å². The molecule has 3 aromatic heterocycles. The molecule has 1 aliphatic heterocycles. The van der Waals surface area contributed by atoms with Crippen LogP contribution in [0.15, 0.2) is 64.3 Å². The first-order valence-electron chi connectivity index (χ1n) is 12.8. The van der Waals surface area contributed by atoms with Gasteiger partial charge in [-0.25, -0.2) is 13.4 Å². The molecule has 42 heavy (non-hydrogen) atoms. The number of rotatable bonds is 8. The molecule has 3 N–H and O–H groups in total. The van der Waals surface area contributed by atoms with Crippen molar-refractivity contribution >= 4 is 33.3 Å². The summed E-state index contributed by atoms with van der Waals surface area (Å²) in [6.07, 6.45) is -2.03. The third-order valence-corrected chi connectivity index (χ3v) is 8.08. The lowest BCUT2D eigenvalue weighted by Crippen LogP contribution is -2.52. The number of sulfonamides is 1. The van der Waals surface area contributed by atoms with Gasteiger partial charge in [-0.05, 0) is 50.2 Å². The molecule has 0 bridgehead atoms. The summed E-state index contributed by atoms with van der Waals surface area (Å²) in [4.78, 5) is 21.1. The Balaban J connectivity index is 1.18. The highest BCUT2D eigenvalue weighted by Gasteiger charge is 2.32. The van der Waals surface area contributed by atoms with Crippen LogP contribution in [-0.4, -0.2) is 65.2 Å². The molecule has 0 aliphatic carbocycles. The number of aromatic amines is 1. The molecule has 1 saturated heterocycles. The second kappa shape index (κ2) is 11.4. The number of piperazine rings is 1. The quantitative estimate of drug-likeness (QED) is 0.272. The number of carbonyl (C=O) groups is 1. The van der Waals surface area contributed by atoms with E-state index in [1.807, 2.05) is 11.8 Å². The van der Waals surface area contributed by atoms with Gasteiger partial charge < -0.3 is 14.7 Å². The van der Waals surface area contributed by atoms with E-state index in [2.05, 4.69) is 35.3 Å². The van der Waals surface area contributed by atoms with Crippen molar-refractivity contribution in [3.63, 3.8) is 0 Å². The number of H-pyrrole nitrogens is 1. The van der Waals surface area contributed by atoms with Gasteiger partial charge in [-0.15, -0.1) is 0 Å². The van der Waals surface area contributed by atoms with Gasteiger partial charge in [0, 0.05) is 55.7 Å². The van der Waals surface area contributed by atoms with Crippen molar-refractivity contribution in [2.45, 2.75) is 37.5 Å². The fraction of sp³-hybridized carbons (Fsp3) is 0.308. The van der Waals surface area contributed by atoms with Crippen molar-refractivity contribution in [1.82, 2.24) is 25.2 Å². The van der Waals surface area contributed by atoms with Crippen molar-refractivity contribution in [2.24, 2.45) is 0 Å². The zero-order chi connectivity index (χ0) is 30.1. The first-order chi connectivity index (χ1) is 19.9. The molecule has 1 aromatic carbocycles. The van der Waals surface area contributed by atoms with E-state index >= 15 is 0 Å². The number of hydrogen-bond donors (Lipinski definition) is 3. The molecular formula is C26H27F3N8O4S. The van der Waals surface area contributed by atoms with Crippen LogP contribution in [-0.2, 0) is 22.7 Å². The summed E-state index contributed by atoms with van der Waals surface area (Å²) in [5, 5.41) is 13.1. The summed E-state index contributed by atoms with van der Waals surface area (Å²) in [5.74, 6) is 0.538. The van der Waals surface area contributed by atoms with Crippen molar-refractivity contribution < 1.29 is 30.9 Å². The normalized spacial score (nSPS) is 16.4. The Labute approximate surface area is 239 Å². The highest BCUT2D eigenvalue weighted by Crippen LogP contribution is 2.30. The van der Waals surface area contributed by atoms with E-state index in [1.165, 1.54) is 36.4 Å². The fourth-order valence-corrected chi connectivity index (χ4v) is 5.62. The lowest BCUT2D eigenvalue weighted by atomic mass is 10.1. The van der Waals surface area contributed by atoms with Crippen LogP contribution in [0.25, 0.3) is 0 Å². The van der Waals surface area contributed by atoms with E-state index in [9.17, 15) is 26.4 Å². The van der Waals surface area contributed by atoms with Gasteiger partial charge in [0.05, 0.1) is 16.7 Å². The monoisotopic (exact) mass is 604 g/mol. The highest BCUT2D eigenvalue weighted by atomic mass is 32.2. The van der Waals surface area contributed by atoms with Gasteiger partial charge in [0.25, 0.3) is 15.9 Å². The van der Waals surface area contributed by atoms with Crippen LogP contribution in [0.5, 0.6) is 0 Å². The van der Waals surface area contributed by atoms with E-state index in [0.29, 0.717) is 49.0 Å². The number of pyridine rings is 1. The van der Waals surface area contributed by atoms with Gasteiger partial charge in [-0.2, -0.15) is 18.3 Å². The third-order valence-electron chi connectivity index (χ3n) is 6.71. The second-order valence-electron chi connectivity index (χ2n) is 9.86. The lowest BCUT2D eigenvalue weighted by Gasteiger charge is -2.40. The predicted molar refractivity (Wildman–Crippen MR) is 146 cm³/mol. The number of anilines is 3. The van der Waals surface area contributed by atoms with Crippen LogP contribution < -0.4 is 14.9 Å². The molecule has 0 unspecified atom stereocenters. The molecule has 16 heteroatoms. The summed E-state index contributed by atoms with van der Waals surface area (Å²) in [6.45, 7) is 5.74. The molecule has 5 rings (SSSR count). The molecule has 4 aromatic rings. The summed E-state index contributed by atoms with van der Waals surface area (Å²) in [5.41, 5.74) is 0.503. The molecule has 4 heterocycles. The van der Waals surface area contributed by atoms with Crippen molar-refractivity contribution in [3.05, 3.63) is 77.4 Å². The Bertz CT molecular complexity index is 1650. The van der Waals surface area contributed by atoms with Gasteiger partial charge in [0.1, 0.15) is 17.3 Å². The average Bonchev–Trinajstić information content (AvgIpc) is 3.57. The number of nitrogens with one attached hydrogen (secondary N) is 3. The van der Waals surface area contributed by atoms with Gasteiger partial charge in [-0.3, -0.25) is 19.5 Å². The highest BCUT2D eigenvalue weighted by molar-refractivity contribution is 7.92. The lowest BCUT2D eigenvalue weighted by molar-refractivity contribution is -0.137. The minimum Gasteiger partial charge on any atom is -0.360 e. The number of carbonyl (C=O) groups excluding carboxylic acids is 1. The first kappa shape index (κ1) is 29.1. The zero-order valence-electron chi connectivity index (χ0n) is 22.5. The van der Waals surface area contributed by atoms with E-state index < -0.39 is 27.7 Å². The molecule has 222 valence electrons. The number of nitrogens with zero attached hydrogens (tertiary/aromatic N) is 5. The Morgan fingerprint density at radius 1 is 1.14 bits per heavy atom. The number of hydrogen-bond acceptors (Lipinski definition) is 9.